The highest BCUT2D eigenvalue weighted by Gasteiger charge is 2.18. The summed E-state index contributed by atoms with van der Waals surface area (Å²) in [6, 6.07) is 7.63. The third-order valence-corrected chi connectivity index (χ3v) is 2.58. The lowest BCUT2D eigenvalue weighted by Crippen LogP contribution is -2.39. The molecule has 15 heavy (non-hydrogen) atoms. The van der Waals surface area contributed by atoms with Crippen LogP contribution in [0.15, 0.2) is 24.3 Å². The summed E-state index contributed by atoms with van der Waals surface area (Å²) in [6.07, 6.45) is 0. The smallest absolute Gasteiger partial charge is 0.337 e. The van der Waals surface area contributed by atoms with Crippen LogP contribution >= 0.6 is 12.4 Å². The summed E-state index contributed by atoms with van der Waals surface area (Å²) in [4.78, 5) is 11.1. The van der Waals surface area contributed by atoms with Crippen LogP contribution in [0.2, 0.25) is 0 Å². The lowest BCUT2D eigenvalue weighted by atomic mass is 9.93. The van der Waals surface area contributed by atoms with Gasteiger partial charge in [-0.15, -0.1) is 12.4 Å². The second kappa shape index (κ2) is 5.14. The minimum atomic E-state index is -0.275. The van der Waals surface area contributed by atoms with Crippen molar-refractivity contribution in [3.63, 3.8) is 0 Å². The SMILES string of the molecule is COC(=O)c1ccc(C2CNC2)cc1.Cl. The topological polar surface area (TPSA) is 38.3 Å². The molecule has 0 bridgehead atoms. The van der Waals surface area contributed by atoms with Gasteiger partial charge in [0.2, 0.25) is 0 Å². The first-order valence-electron chi connectivity index (χ1n) is 4.70. The van der Waals surface area contributed by atoms with E-state index in [1.54, 1.807) is 0 Å². The number of esters is 1. The minimum absolute atomic E-state index is 0. The van der Waals surface area contributed by atoms with Crippen molar-refractivity contribution in [3.05, 3.63) is 35.4 Å². The Morgan fingerprint density at radius 3 is 2.33 bits per heavy atom. The van der Waals surface area contributed by atoms with Crippen LogP contribution in [0.5, 0.6) is 0 Å². The highest BCUT2D eigenvalue weighted by atomic mass is 35.5. The Kier molecular flexibility index (Phi) is 4.12. The first-order chi connectivity index (χ1) is 6.81. The lowest BCUT2D eigenvalue weighted by molar-refractivity contribution is 0.0600. The molecule has 2 rings (SSSR count). The van der Waals surface area contributed by atoms with Gasteiger partial charge >= 0.3 is 5.97 Å². The van der Waals surface area contributed by atoms with E-state index in [0.717, 1.165) is 13.1 Å². The van der Waals surface area contributed by atoms with Crippen LogP contribution < -0.4 is 5.32 Å². The zero-order valence-electron chi connectivity index (χ0n) is 8.53. The summed E-state index contributed by atoms with van der Waals surface area (Å²) in [5, 5.41) is 3.22. The Bertz CT molecular complexity index is 333. The maximum Gasteiger partial charge on any atom is 0.337 e. The summed E-state index contributed by atoms with van der Waals surface area (Å²) in [5.74, 6) is 0.338. The van der Waals surface area contributed by atoms with Crippen molar-refractivity contribution in [2.24, 2.45) is 0 Å². The van der Waals surface area contributed by atoms with Crippen molar-refractivity contribution in [3.8, 4) is 0 Å². The van der Waals surface area contributed by atoms with E-state index < -0.39 is 0 Å². The number of halogens is 1. The molecule has 1 heterocycles. The average Bonchev–Trinajstić information content (AvgIpc) is 2.15. The number of rotatable bonds is 2. The van der Waals surface area contributed by atoms with Gasteiger partial charge in [0, 0.05) is 19.0 Å². The first-order valence-corrected chi connectivity index (χ1v) is 4.70. The van der Waals surface area contributed by atoms with E-state index in [1.165, 1.54) is 12.7 Å². The third-order valence-electron chi connectivity index (χ3n) is 2.58. The van der Waals surface area contributed by atoms with Crippen LogP contribution in [-0.4, -0.2) is 26.2 Å². The van der Waals surface area contributed by atoms with Crippen molar-refractivity contribution < 1.29 is 9.53 Å². The summed E-state index contributed by atoms with van der Waals surface area (Å²) in [6.45, 7) is 2.08. The third kappa shape index (κ3) is 2.49. The van der Waals surface area contributed by atoms with Crippen molar-refractivity contribution in [2.45, 2.75) is 5.92 Å². The molecule has 3 nitrogen and oxygen atoms in total. The second-order valence-corrected chi connectivity index (χ2v) is 3.47. The standard InChI is InChI=1S/C11H13NO2.ClH/c1-14-11(13)9-4-2-8(3-5-9)10-6-12-7-10;/h2-5,10,12H,6-7H2,1H3;1H. The minimum Gasteiger partial charge on any atom is -0.465 e. The number of carbonyl (C=O) groups excluding carboxylic acids is 1. The van der Waals surface area contributed by atoms with Gasteiger partial charge in [0.05, 0.1) is 12.7 Å². The molecule has 82 valence electrons. The van der Waals surface area contributed by atoms with E-state index in [0.29, 0.717) is 11.5 Å². The largest absolute Gasteiger partial charge is 0.465 e. The van der Waals surface area contributed by atoms with E-state index in [1.807, 2.05) is 24.3 Å². The molecule has 0 aliphatic carbocycles. The van der Waals surface area contributed by atoms with Gasteiger partial charge < -0.3 is 10.1 Å². The van der Waals surface area contributed by atoms with Gasteiger partial charge in [-0.25, -0.2) is 4.79 Å². The van der Waals surface area contributed by atoms with Gasteiger partial charge in [-0.05, 0) is 17.7 Å². The molecule has 0 saturated carbocycles. The molecule has 0 atom stereocenters. The molecule has 0 amide bonds. The van der Waals surface area contributed by atoms with Gasteiger partial charge in [-0.2, -0.15) is 0 Å². The van der Waals surface area contributed by atoms with Gasteiger partial charge in [0.25, 0.3) is 0 Å². The molecule has 0 spiro atoms. The maximum absolute atomic E-state index is 11.1. The van der Waals surface area contributed by atoms with Crippen molar-refractivity contribution in [1.29, 1.82) is 0 Å². The Morgan fingerprint density at radius 2 is 1.93 bits per heavy atom. The van der Waals surface area contributed by atoms with Gasteiger partial charge in [-0.3, -0.25) is 0 Å². The number of hydrogen-bond acceptors (Lipinski definition) is 3. The van der Waals surface area contributed by atoms with Crippen LogP contribution in [0.1, 0.15) is 21.8 Å². The summed E-state index contributed by atoms with van der Waals surface area (Å²) in [7, 11) is 1.39. The van der Waals surface area contributed by atoms with E-state index in [2.05, 4.69) is 10.1 Å². The molecule has 1 N–H and O–H groups in total. The normalized spacial score (nSPS) is 15.0. The summed E-state index contributed by atoms with van der Waals surface area (Å²) >= 11 is 0. The highest BCUT2D eigenvalue weighted by Crippen LogP contribution is 2.19. The zero-order chi connectivity index (χ0) is 9.97. The van der Waals surface area contributed by atoms with E-state index in [-0.39, 0.29) is 18.4 Å². The van der Waals surface area contributed by atoms with Gasteiger partial charge in [0.1, 0.15) is 0 Å². The van der Waals surface area contributed by atoms with Gasteiger partial charge in [0.15, 0.2) is 0 Å². The molecular weight excluding hydrogens is 214 g/mol. The molecule has 1 aliphatic heterocycles. The number of nitrogens with one attached hydrogen (secondary N) is 1. The van der Waals surface area contributed by atoms with E-state index in [9.17, 15) is 4.79 Å². The van der Waals surface area contributed by atoms with Crippen LogP contribution in [0, 0.1) is 0 Å². The molecule has 0 unspecified atom stereocenters. The molecule has 0 radical (unpaired) electrons. The Balaban J connectivity index is 0.00000112. The Hall–Kier alpha value is -1.06. The van der Waals surface area contributed by atoms with Gasteiger partial charge in [-0.1, -0.05) is 12.1 Å². The predicted molar refractivity (Wildman–Crippen MR) is 60.6 cm³/mol. The number of methoxy groups -OCH3 is 1. The van der Waals surface area contributed by atoms with Crippen LogP contribution in [0.25, 0.3) is 0 Å². The molecule has 1 fully saturated rings. The summed E-state index contributed by atoms with van der Waals surface area (Å²) in [5.41, 5.74) is 1.90. The fourth-order valence-corrected chi connectivity index (χ4v) is 1.53. The fourth-order valence-electron chi connectivity index (χ4n) is 1.53. The first kappa shape index (κ1) is 12.0. The Morgan fingerprint density at radius 1 is 1.33 bits per heavy atom. The zero-order valence-corrected chi connectivity index (χ0v) is 9.34. The number of ether oxygens (including phenoxy) is 1. The molecule has 1 aliphatic rings. The Labute approximate surface area is 95.2 Å². The number of carbonyl (C=O) groups is 1. The van der Waals surface area contributed by atoms with Crippen LogP contribution in [0.4, 0.5) is 0 Å². The predicted octanol–water partition coefficient (Wildman–Crippen LogP) is 1.58. The quantitative estimate of drug-likeness (QED) is 0.780. The number of hydrogen-bond donors (Lipinski definition) is 1. The molecule has 4 heteroatoms. The fraction of sp³-hybridized carbons (Fsp3) is 0.364. The molecule has 1 aromatic carbocycles. The molecular formula is C11H14ClNO2. The maximum atomic E-state index is 11.1. The van der Waals surface area contributed by atoms with Crippen molar-refractivity contribution >= 4 is 18.4 Å². The monoisotopic (exact) mass is 227 g/mol. The molecule has 0 aromatic heterocycles. The number of benzene rings is 1. The van der Waals surface area contributed by atoms with E-state index >= 15 is 0 Å². The van der Waals surface area contributed by atoms with Crippen molar-refractivity contribution in [2.75, 3.05) is 20.2 Å². The second-order valence-electron chi connectivity index (χ2n) is 3.47. The molecule has 1 aromatic rings. The molecule has 1 saturated heterocycles. The van der Waals surface area contributed by atoms with Crippen LogP contribution in [0.3, 0.4) is 0 Å². The van der Waals surface area contributed by atoms with Crippen molar-refractivity contribution in [1.82, 2.24) is 5.32 Å². The average molecular weight is 228 g/mol. The van der Waals surface area contributed by atoms with E-state index in [4.69, 9.17) is 0 Å². The summed E-state index contributed by atoms with van der Waals surface area (Å²) < 4.78 is 4.63. The lowest BCUT2D eigenvalue weighted by Gasteiger charge is -2.27. The van der Waals surface area contributed by atoms with Crippen LogP contribution in [-0.2, 0) is 4.74 Å². The highest BCUT2D eigenvalue weighted by molar-refractivity contribution is 5.89.